The summed E-state index contributed by atoms with van der Waals surface area (Å²) in [4.78, 5) is 1.00. The highest BCUT2D eigenvalue weighted by Crippen LogP contribution is 2.41. The van der Waals surface area contributed by atoms with Crippen LogP contribution in [-0.2, 0) is 0 Å². The summed E-state index contributed by atoms with van der Waals surface area (Å²) < 4.78 is 0. The van der Waals surface area contributed by atoms with Gasteiger partial charge >= 0.3 is 0 Å². The first-order valence-corrected chi connectivity index (χ1v) is 12.9. The Morgan fingerprint density at radius 2 is 1.68 bits per heavy atom. The first kappa shape index (κ1) is 29.2. The third-order valence-electron chi connectivity index (χ3n) is 6.01. The Labute approximate surface area is 211 Å². The topological polar surface area (TPSA) is 71.4 Å². The Hall–Kier alpha value is -2.82. The minimum absolute atomic E-state index is 0.0683. The molecule has 1 atom stereocenters. The van der Waals surface area contributed by atoms with Crippen molar-refractivity contribution in [3.8, 4) is 12.1 Å². The molecule has 34 heavy (non-hydrogen) atoms. The normalized spacial score (nSPS) is 18.5. The summed E-state index contributed by atoms with van der Waals surface area (Å²) in [5.74, 6) is 1.03. The number of thioether (sulfide) groups is 1. The number of nitrogens with zero attached hydrogens (tertiary/aromatic N) is 2. The van der Waals surface area contributed by atoms with Crippen LogP contribution in [0.15, 0.2) is 80.9 Å². The average molecular weight is 474 g/mol. The van der Waals surface area contributed by atoms with Crippen LogP contribution in [0.25, 0.3) is 0 Å². The molecule has 0 aromatic rings. The third-order valence-corrected chi connectivity index (χ3v) is 7.35. The first-order valence-electron chi connectivity index (χ1n) is 11.9. The number of allylic oxidation sites excluding steroid dienone is 12. The second-order valence-corrected chi connectivity index (χ2v) is 10.2. The van der Waals surface area contributed by atoms with E-state index in [1.54, 1.807) is 11.8 Å². The lowest BCUT2D eigenvalue weighted by molar-refractivity contribution is 0.637. The molecular formula is C30H39N3S. The van der Waals surface area contributed by atoms with Crippen molar-refractivity contribution in [1.29, 1.82) is 15.9 Å². The van der Waals surface area contributed by atoms with Crippen molar-refractivity contribution in [2.75, 3.05) is 5.75 Å². The van der Waals surface area contributed by atoms with Crippen LogP contribution < -0.4 is 0 Å². The molecule has 4 heteroatoms. The van der Waals surface area contributed by atoms with Gasteiger partial charge in [0.25, 0.3) is 0 Å². The zero-order chi connectivity index (χ0) is 25.8. The van der Waals surface area contributed by atoms with Gasteiger partial charge < -0.3 is 5.41 Å². The highest BCUT2D eigenvalue weighted by atomic mass is 32.2. The van der Waals surface area contributed by atoms with Gasteiger partial charge in [0.05, 0.1) is 16.9 Å². The van der Waals surface area contributed by atoms with E-state index in [2.05, 4.69) is 78.5 Å². The highest BCUT2D eigenvalue weighted by molar-refractivity contribution is 8.03. The monoisotopic (exact) mass is 473 g/mol. The maximum Gasteiger partial charge on any atom is 0.101 e. The number of nitrogens with one attached hydrogen (secondary N) is 1. The van der Waals surface area contributed by atoms with E-state index in [-0.39, 0.29) is 5.92 Å². The van der Waals surface area contributed by atoms with Crippen LogP contribution in [0.4, 0.5) is 0 Å². The summed E-state index contributed by atoms with van der Waals surface area (Å²) in [6.45, 7) is 18.8. The number of rotatable bonds is 10. The Bertz CT molecular complexity index is 1060. The van der Waals surface area contributed by atoms with E-state index in [4.69, 9.17) is 5.41 Å². The van der Waals surface area contributed by atoms with E-state index in [1.165, 1.54) is 11.1 Å². The molecule has 0 aromatic heterocycles. The minimum Gasteiger partial charge on any atom is -0.304 e. The lowest BCUT2D eigenvalue weighted by atomic mass is 9.92. The predicted octanol–water partition coefficient (Wildman–Crippen LogP) is 8.78. The van der Waals surface area contributed by atoms with E-state index in [0.29, 0.717) is 41.4 Å². The smallest absolute Gasteiger partial charge is 0.101 e. The lowest BCUT2D eigenvalue weighted by Crippen LogP contribution is -2.09. The molecular weight excluding hydrogens is 434 g/mol. The molecule has 1 aliphatic rings. The SMILES string of the molecule is C=C(CSC1=C(C#N)C(CC(C)C)=C(C#N)C(=N)CC1CC)C(C)=CC=C(C)C(C)=CC=CC. The zero-order valence-corrected chi connectivity index (χ0v) is 22.7. The standard InChI is InChI=1S/C30H39N3S/c1-9-11-12-21(5)22(6)13-14-23(7)24(8)19-34-30-25(10-2)16-29(33)27(17-31)26(15-20(3)4)28(30)18-32/h9,11-14,20,25,33H,8,10,15-16,19H2,1-7H3. The summed E-state index contributed by atoms with van der Waals surface area (Å²) in [6.07, 6.45) is 12.3. The van der Waals surface area contributed by atoms with Crippen LogP contribution in [-0.4, -0.2) is 11.5 Å². The fourth-order valence-electron chi connectivity index (χ4n) is 3.64. The van der Waals surface area contributed by atoms with E-state index in [0.717, 1.165) is 28.0 Å². The van der Waals surface area contributed by atoms with E-state index < -0.39 is 0 Å². The molecule has 0 heterocycles. The zero-order valence-electron chi connectivity index (χ0n) is 21.9. The lowest BCUT2D eigenvalue weighted by Gasteiger charge is -2.19. The van der Waals surface area contributed by atoms with E-state index in [1.807, 2.05) is 19.1 Å². The van der Waals surface area contributed by atoms with Crippen LogP contribution in [0, 0.1) is 39.9 Å². The van der Waals surface area contributed by atoms with Crippen molar-refractivity contribution in [2.24, 2.45) is 11.8 Å². The van der Waals surface area contributed by atoms with Crippen LogP contribution in [0.1, 0.15) is 67.7 Å². The molecule has 0 aromatic carbocycles. The molecule has 0 spiro atoms. The Morgan fingerprint density at radius 3 is 2.21 bits per heavy atom. The molecule has 0 radical (unpaired) electrons. The van der Waals surface area contributed by atoms with Crippen molar-refractivity contribution in [1.82, 2.24) is 0 Å². The number of hydrogen-bond acceptors (Lipinski definition) is 4. The predicted molar refractivity (Wildman–Crippen MR) is 149 cm³/mol. The van der Waals surface area contributed by atoms with E-state index in [9.17, 15) is 10.5 Å². The molecule has 1 N–H and O–H groups in total. The van der Waals surface area contributed by atoms with Crippen molar-refractivity contribution >= 4 is 17.5 Å². The molecule has 0 fully saturated rings. The van der Waals surface area contributed by atoms with Crippen molar-refractivity contribution < 1.29 is 0 Å². The molecule has 0 saturated carbocycles. The first-order chi connectivity index (χ1) is 16.1. The van der Waals surface area contributed by atoms with Gasteiger partial charge in [-0.1, -0.05) is 57.7 Å². The fraction of sp³-hybridized carbons (Fsp3) is 0.433. The van der Waals surface area contributed by atoms with Gasteiger partial charge in [-0.15, -0.1) is 11.8 Å². The van der Waals surface area contributed by atoms with Crippen LogP contribution >= 0.6 is 11.8 Å². The highest BCUT2D eigenvalue weighted by Gasteiger charge is 2.29. The van der Waals surface area contributed by atoms with E-state index >= 15 is 0 Å². The van der Waals surface area contributed by atoms with Crippen molar-refractivity contribution in [2.45, 2.75) is 67.7 Å². The van der Waals surface area contributed by atoms with Gasteiger partial charge in [0.15, 0.2) is 0 Å². The third kappa shape index (κ3) is 8.19. The van der Waals surface area contributed by atoms with Gasteiger partial charge in [-0.25, -0.2) is 0 Å². The molecule has 0 aliphatic heterocycles. The molecule has 0 bridgehead atoms. The molecule has 1 unspecified atom stereocenters. The summed E-state index contributed by atoms with van der Waals surface area (Å²) in [6, 6.07) is 4.64. The quantitative estimate of drug-likeness (QED) is 0.322. The van der Waals surface area contributed by atoms with Gasteiger partial charge in [-0.05, 0) is 86.7 Å². The van der Waals surface area contributed by atoms with Crippen LogP contribution in [0.3, 0.4) is 0 Å². The van der Waals surface area contributed by atoms with Gasteiger partial charge in [0.1, 0.15) is 12.1 Å². The molecule has 0 amide bonds. The fourth-order valence-corrected chi connectivity index (χ4v) is 5.00. The maximum atomic E-state index is 10.1. The second-order valence-electron chi connectivity index (χ2n) is 9.17. The maximum absolute atomic E-state index is 10.1. The number of hydrogen-bond donors (Lipinski definition) is 1. The van der Waals surface area contributed by atoms with Crippen molar-refractivity contribution in [3.63, 3.8) is 0 Å². The van der Waals surface area contributed by atoms with Gasteiger partial charge in [0.2, 0.25) is 0 Å². The minimum atomic E-state index is 0.0683. The molecule has 3 nitrogen and oxygen atoms in total. The summed E-state index contributed by atoms with van der Waals surface area (Å²) in [7, 11) is 0. The molecule has 1 aliphatic carbocycles. The Morgan fingerprint density at radius 1 is 1.09 bits per heavy atom. The largest absolute Gasteiger partial charge is 0.304 e. The summed E-state index contributed by atoms with van der Waals surface area (Å²) in [5, 5.41) is 28.5. The number of nitriles is 2. The molecule has 180 valence electrons. The van der Waals surface area contributed by atoms with Crippen LogP contribution in [0.5, 0.6) is 0 Å². The van der Waals surface area contributed by atoms with Gasteiger partial charge in [-0.2, -0.15) is 10.5 Å². The average Bonchev–Trinajstić information content (AvgIpc) is 2.91. The Kier molecular flexibility index (Phi) is 12.4. The molecule has 0 saturated heterocycles. The summed E-state index contributed by atoms with van der Waals surface area (Å²) in [5.41, 5.74) is 6.61. The van der Waals surface area contributed by atoms with Gasteiger partial charge in [-0.3, -0.25) is 0 Å². The summed E-state index contributed by atoms with van der Waals surface area (Å²) >= 11 is 1.64. The van der Waals surface area contributed by atoms with Crippen LogP contribution in [0.2, 0.25) is 0 Å². The Balaban J connectivity index is 3.28. The van der Waals surface area contributed by atoms with Gasteiger partial charge in [0, 0.05) is 10.7 Å². The second kappa shape index (κ2) is 14.4. The molecule has 1 rings (SSSR count). The van der Waals surface area contributed by atoms with Crippen molar-refractivity contribution in [3.05, 3.63) is 80.9 Å².